The highest BCUT2D eigenvalue weighted by atomic mass is 16.5. The number of ether oxygens (including phenoxy) is 1. The van der Waals surface area contributed by atoms with Gasteiger partial charge >= 0.3 is 0 Å². The molecule has 148 valence electrons. The zero-order chi connectivity index (χ0) is 19.1. The molecule has 0 radical (unpaired) electrons. The first-order valence-electron chi connectivity index (χ1n) is 10.5. The summed E-state index contributed by atoms with van der Waals surface area (Å²) in [5.41, 5.74) is 2.09. The van der Waals surface area contributed by atoms with Crippen LogP contribution in [0, 0.1) is 5.92 Å². The van der Waals surface area contributed by atoms with Gasteiger partial charge in [-0.2, -0.15) is 0 Å². The molecule has 2 amide bonds. The van der Waals surface area contributed by atoms with Crippen molar-refractivity contribution in [1.82, 2.24) is 5.32 Å². The third-order valence-electron chi connectivity index (χ3n) is 5.69. The molecule has 1 aliphatic carbocycles. The molecule has 5 heteroatoms. The quantitative estimate of drug-likeness (QED) is 0.711. The number of hydrogen-bond acceptors (Lipinski definition) is 3. The van der Waals surface area contributed by atoms with Gasteiger partial charge in [0.05, 0.1) is 12.0 Å². The van der Waals surface area contributed by atoms with Gasteiger partial charge in [-0.15, -0.1) is 0 Å². The number of benzene rings is 1. The van der Waals surface area contributed by atoms with Crippen LogP contribution in [0.25, 0.3) is 0 Å². The van der Waals surface area contributed by atoms with E-state index in [0.29, 0.717) is 32.2 Å². The molecule has 1 atom stereocenters. The van der Waals surface area contributed by atoms with Gasteiger partial charge in [-0.25, -0.2) is 0 Å². The van der Waals surface area contributed by atoms with Crippen molar-refractivity contribution in [3.05, 3.63) is 29.8 Å². The Morgan fingerprint density at radius 2 is 2.00 bits per heavy atom. The molecule has 0 spiro atoms. The summed E-state index contributed by atoms with van der Waals surface area (Å²) >= 11 is 0. The largest absolute Gasteiger partial charge is 0.378 e. The smallest absolute Gasteiger partial charge is 0.227 e. The lowest BCUT2D eigenvalue weighted by Crippen LogP contribution is -2.34. The molecular formula is C22H32N2O3. The van der Waals surface area contributed by atoms with Crippen LogP contribution in [0.5, 0.6) is 0 Å². The third-order valence-corrected chi connectivity index (χ3v) is 5.69. The van der Waals surface area contributed by atoms with E-state index in [1.165, 1.54) is 32.1 Å². The molecule has 1 aromatic carbocycles. The van der Waals surface area contributed by atoms with E-state index in [0.717, 1.165) is 24.1 Å². The lowest BCUT2D eigenvalue weighted by molar-refractivity contribution is -0.126. The minimum atomic E-state index is -0.262. The van der Waals surface area contributed by atoms with Gasteiger partial charge in [-0.05, 0) is 37.3 Å². The van der Waals surface area contributed by atoms with Crippen LogP contribution in [0.3, 0.4) is 0 Å². The molecule has 2 fully saturated rings. The van der Waals surface area contributed by atoms with Gasteiger partial charge in [0.25, 0.3) is 0 Å². The standard InChI is InChI=1S/C22H32N2O3/c1-2-17-9-6-7-12-20(17)24-16-18(15-21(24)25)22(26)23-13-8-14-27-19-10-4-3-5-11-19/h6-7,9,12,18-19H,2-5,8,10-11,13-16H2,1H3,(H,23,26). The second kappa shape index (κ2) is 9.88. The van der Waals surface area contributed by atoms with Crippen LogP contribution < -0.4 is 10.2 Å². The van der Waals surface area contributed by atoms with Crippen molar-refractivity contribution in [1.29, 1.82) is 0 Å². The van der Waals surface area contributed by atoms with E-state index < -0.39 is 0 Å². The lowest BCUT2D eigenvalue weighted by atomic mass is 9.98. The fraction of sp³-hybridized carbons (Fsp3) is 0.636. The zero-order valence-electron chi connectivity index (χ0n) is 16.4. The van der Waals surface area contributed by atoms with Gasteiger partial charge < -0.3 is 15.0 Å². The van der Waals surface area contributed by atoms with Crippen molar-refractivity contribution in [2.45, 2.75) is 64.4 Å². The molecule has 1 aromatic rings. The summed E-state index contributed by atoms with van der Waals surface area (Å²) in [6.45, 7) is 3.87. The predicted molar refractivity (Wildman–Crippen MR) is 107 cm³/mol. The first kappa shape index (κ1) is 19.9. The first-order valence-corrected chi connectivity index (χ1v) is 10.5. The number of carbonyl (C=O) groups is 2. The molecule has 3 rings (SSSR count). The summed E-state index contributed by atoms with van der Waals surface area (Å²) in [5.74, 6) is -0.240. The number of rotatable bonds is 8. The summed E-state index contributed by atoms with van der Waals surface area (Å²) in [5, 5.41) is 2.99. The number of para-hydroxylation sites is 1. The Labute approximate surface area is 162 Å². The Balaban J connectivity index is 1.41. The summed E-state index contributed by atoms with van der Waals surface area (Å²) in [4.78, 5) is 26.7. The zero-order valence-corrected chi connectivity index (χ0v) is 16.4. The molecule has 1 aliphatic heterocycles. The van der Waals surface area contributed by atoms with Crippen molar-refractivity contribution in [2.75, 3.05) is 24.6 Å². The average Bonchev–Trinajstić information content (AvgIpc) is 3.10. The number of amides is 2. The van der Waals surface area contributed by atoms with Crippen LogP contribution in [0.4, 0.5) is 5.69 Å². The minimum Gasteiger partial charge on any atom is -0.378 e. The highest BCUT2D eigenvalue weighted by Crippen LogP contribution is 2.28. The molecule has 1 saturated heterocycles. The van der Waals surface area contributed by atoms with Crippen LogP contribution in [0.1, 0.15) is 57.4 Å². The fourth-order valence-corrected chi connectivity index (χ4v) is 4.10. The van der Waals surface area contributed by atoms with Gasteiger partial charge in [0, 0.05) is 31.8 Å². The van der Waals surface area contributed by atoms with Crippen molar-refractivity contribution in [3.8, 4) is 0 Å². The van der Waals surface area contributed by atoms with E-state index in [2.05, 4.69) is 12.2 Å². The van der Waals surface area contributed by atoms with E-state index in [1.807, 2.05) is 24.3 Å². The Morgan fingerprint density at radius 1 is 1.22 bits per heavy atom. The number of hydrogen-bond donors (Lipinski definition) is 1. The molecular weight excluding hydrogens is 340 g/mol. The van der Waals surface area contributed by atoms with E-state index in [9.17, 15) is 9.59 Å². The minimum absolute atomic E-state index is 0.0162. The van der Waals surface area contributed by atoms with Crippen LogP contribution in [-0.4, -0.2) is 37.6 Å². The highest BCUT2D eigenvalue weighted by molar-refractivity contribution is 6.00. The molecule has 5 nitrogen and oxygen atoms in total. The third kappa shape index (κ3) is 5.32. The second-order valence-corrected chi connectivity index (χ2v) is 7.66. The van der Waals surface area contributed by atoms with Gasteiger partial charge in [-0.3, -0.25) is 9.59 Å². The van der Waals surface area contributed by atoms with Crippen molar-refractivity contribution < 1.29 is 14.3 Å². The fourth-order valence-electron chi connectivity index (χ4n) is 4.10. The van der Waals surface area contributed by atoms with E-state index in [-0.39, 0.29) is 17.7 Å². The average molecular weight is 373 g/mol. The van der Waals surface area contributed by atoms with Gasteiger partial charge in [-0.1, -0.05) is 44.4 Å². The van der Waals surface area contributed by atoms with Gasteiger partial charge in [0.15, 0.2) is 0 Å². The summed E-state index contributed by atoms with van der Waals surface area (Å²) < 4.78 is 5.89. The van der Waals surface area contributed by atoms with Crippen LogP contribution in [0.15, 0.2) is 24.3 Å². The number of anilines is 1. The van der Waals surface area contributed by atoms with Gasteiger partial charge in [0.1, 0.15) is 0 Å². The molecule has 2 aliphatic rings. The molecule has 1 saturated carbocycles. The van der Waals surface area contributed by atoms with Crippen LogP contribution in [-0.2, 0) is 20.7 Å². The summed E-state index contributed by atoms with van der Waals surface area (Å²) in [7, 11) is 0. The number of carbonyl (C=O) groups excluding carboxylic acids is 2. The maximum absolute atomic E-state index is 12.5. The second-order valence-electron chi connectivity index (χ2n) is 7.66. The Bertz CT molecular complexity index is 640. The number of nitrogens with zero attached hydrogens (tertiary/aromatic N) is 1. The molecule has 1 unspecified atom stereocenters. The van der Waals surface area contributed by atoms with Gasteiger partial charge in [0.2, 0.25) is 11.8 Å². The van der Waals surface area contributed by atoms with E-state index in [4.69, 9.17) is 4.74 Å². The SMILES string of the molecule is CCc1ccccc1N1CC(C(=O)NCCCOC2CCCCC2)CC1=O. The molecule has 0 bridgehead atoms. The maximum atomic E-state index is 12.5. The first-order chi connectivity index (χ1) is 13.2. The Morgan fingerprint density at radius 3 is 2.78 bits per heavy atom. The Kier molecular flexibility index (Phi) is 7.27. The molecule has 0 aromatic heterocycles. The monoisotopic (exact) mass is 372 g/mol. The molecule has 1 N–H and O–H groups in total. The summed E-state index contributed by atoms with van der Waals surface area (Å²) in [6.07, 6.45) is 8.62. The lowest BCUT2D eigenvalue weighted by Gasteiger charge is -2.22. The number of aryl methyl sites for hydroxylation is 1. The van der Waals surface area contributed by atoms with Crippen molar-refractivity contribution in [3.63, 3.8) is 0 Å². The van der Waals surface area contributed by atoms with Crippen LogP contribution >= 0.6 is 0 Å². The molecule has 27 heavy (non-hydrogen) atoms. The van der Waals surface area contributed by atoms with Crippen molar-refractivity contribution in [2.24, 2.45) is 5.92 Å². The summed E-state index contributed by atoms with van der Waals surface area (Å²) in [6, 6.07) is 7.95. The highest BCUT2D eigenvalue weighted by Gasteiger charge is 2.35. The van der Waals surface area contributed by atoms with E-state index in [1.54, 1.807) is 4.90 Å². The molecule has 1 heterocycles. The topological polar surface area (TPSA) is 58.6 Å². The number of nitrogens with one attached hydrogen (secondary N) is 1. The van der Waals surface area contributed by atoms with E-state index >= 15 is 0 Å². The normalized spacial score (nSPS) is 20.9. The maximum Gasteiger partial charge on any atom is 0.227 e. The Hall–Kier alpha value is -1.88. The van der Waals surface area contributed by atoms with Crippen molar-refractivity contribution >= 4 is 17.5 Å². The van der Waals surface area contributed by atoms with Crippen LogP contribution in [0.2, 0.25) is 0 Å². The predicted octanol–water partition coefficient (Wildman–Crippen LogP) is 3.46.